The zero-order valence-electron chi connectivity index (χ0n) is 16.3. The number of nitrogens with one attached hydrogen (secondary N) is 1. The van der Waals surface area contributed by atoms with E-state index in [-0.39, 0.29) is 23.3 Å². The Bertz CT molecular complexity index is 658. The number of alkyl halides is 2. The van der Waals surface area contributed by atoms with Crippen molar-refractivity contribution >= 4 is 17.7 Å². The Morgan fingerprint density at radius 1 is 1.19 bits per heavy atom. The molecule has 1 N–H and O–H groups in total. The minimum atomic E-state index is -2.98. The lowest BCUT2D eigenvalue weighted by atomic mass is 9.67. The van der Waals surface area contributed by atoms with Gasteiger partial charge >= 0.3 is 0 Å². The zero-order valence-corrected chi connectivity index (χ0v) is 17.1. The van der Waals surface area contributed by atoms with Crippen LogP contribution in [0.3, 0.4) is 0 Å². The lowest BCUT2D eigenvalue weighted by molar-refractivity contribution is 0.0169. The molecule has 27 heavy (non-hydrogen) atoms. The van der Waals surface area contributed by atoms with Crippen LogP contribution in [-0.2, 0) is 5.92 Å². The van der Waals surface area contributed by atoms with Crippen LogP contribution < -0.4 is 10.1 Å². The predicted molar refractivity (Wildman–Crippen MR) is 105 cm³/mol. The van der Waals surface area contributed by atoms with Gasteiger partial charge in [0.25, 0.3) is 11.8 Å². The number of amides is 1. The fourth-order valence-electron chi connectivity index (χ4n) is 4.46. The van der Waals surface area contributed by atoms with Crippen LogP contribution in [0.2, 0.25) is 0 Å². The number of carbonyl (C=O) groups is 1. The van der Waals surface area contributed by atoms with Gasteiger partial charge < -0.3 is 10.1 Å². The first-order chi connectivity index (χ1) is 12.8. The second-order valence-corrected chi connectivity index (χ2v) is 8.71. The maximum atomic E-state index is 13.8. The van der Waals surface area contributed by atoms with Crippen molar-refractivity contribution in [1.82, 2.24) is 5.32 Å². The topological polar surface area (TPSA) is 38.3 Å². The third kappa shape index (κ3) is 4.41. The molecule has 2 saturated carbocycles. The Morgan fingerprint density at radius 2 is 1.89 bits per heavy atom. The number of ether oxygens (including phenoxy) is 1. The van der Waals surface area contributed by atoms with E-state index in [2.05, 4.69) is 5.32 Å². The average Bonchev–Trinajstić information content (AvgIpc) is 2.63. The standard InChI is InChI=1S/C21H29F2NO2S/c1-21(22,23)14-11-17(26-2)19(18(12-14)27-3)20(25)24-16-10-9-15(16)13-7-5-4-6-8-13/h11-13,15-16H,4-10H2,1-3H3,(H,24,25)/t15-,16-/m0/s1. The van der Waals surface area contributed by atoms with Crippen LogP contribution in [0.1, 0.15) is 67.8 Å². The minimum Gasteiger partial charge on any atom is -0.496 e. The second-order valence-electron chi connectivity index (χ2n) is 7.86. The minimum absolute atomic E-state index is 0.135. The summed E-state index contributed by atoms with van der Waals surface area (Å²) in [5, 5.41) is 3.17. The molecule has 6 heteroatoms. The first-order valence-corrected chi connectivity index (χ1v) is 11.0. The Hall–Kier alpha value is -1.30. The van der Waals surface area contributed by atoms with Crippen LogP contribution >= 0.6 is 11.8 Å². The summed E-state index contributed by atoms with van der Waals surface area (Å²) >= 11 is 1.29. The molecule has 1 aromatic carbocycles. The van der Waals surface area contributed by atoms with Gasteiger partial charge in [-0.2, -0.15) is 0 Å². The van der Waals surface area contributed by atoms with E-state index < -0.39 is 5.92 Å². The van der Waals surface area contributed by atoms with Crippen molar-refractivity contribution in [3.05, 3.63) is 23.3 Å². The summed E-state index contributed by atoms with van der Waals surface area (Å²) in [4.78, 5) is 13.5. The summed E-state index contributed by atoms with van der Waals surface area (Å²) in [5.41, 5.74) is 0.233. The van der Waals surface area contributed by atoms with Crippen molar-refractivity contribution < 1.29 is 18.3 Å². The number of methoxy groups -OCH3 is 1. The highest BCUT2D eigenvalue weighted by Gasteiger charge is 2.39. The molecule has 1 aromatic rings. The molecule has 0 spiro atoms. The van der Waals surface area contributed by atoms with E-state index in [0.29, 0.717) is 22.3 Å². The van der Waals surface area contributed by atoms with Crippen LogP contribution in [-0.4, -0.2) is 25.3 Å². The molecule has 1 amide bonds. The van der Waals surface area contributed by atoms with Crippen molar-refractivity contribution in [3.8, 4) is 5.75 Å². The summed E-state index contributed by atoms with van der Waals surface area (Å²) in [7, 11) is 1.42. The molecule has 3 nitrogen and oxygen atoms in total. The van der Waals surface area contributed by atoms with Crippen molar-refractivity contribution in [3.63, 3.8) is 0 Å². The van der Waals surface area contributed by atoms with Crippen LogP contribution in [0, 0.1) is 11.8 Å². The van der Waals surface area contributed by atoms with E-state index in [0.717, 1.165) is 13.3 Å². The Balaban J connectivity index is 1.79. The molecule has 0 bridgehead atoms. The molecule has 2 aliphatic rings. The molecule has 0 heterocycles. The fourth-order valence-corrected chi connectivity index (χ4v) is 5.10. The monoisotopic (exact) mass is 397 g/mol. The molecule has 0 unspecified atom stereocenters. The number of halogens is 2. The summed E-state index contributed by atoms with van der Waals surface area (Å²) < 4.78 is 32.9. The van der Waals surface area contributed by atoms with Gasteiger partial charge in [0.2, 0.25) is 0 Å². The zero-order chi connectivity index (χ0) is 19.6. The molecule has 0 aromatic heterocycles. The number of hydrogen-bond donors (Lipinski definition) is 1. The third-order valence-electron chi connectivity index (χ3n) is 6.14. The van der Waals surface area contributed by atoms with Crippen LogP contribution in [0.5, 0.6) is 5.75 Å². The van der Waals surface area contributed by atoms with Crippen LogP contribution in [0.4, 0.5) is 8.78 Å². The van der Waals surface area contributed by atoms with Gasteiger partial charge in [0.15, 0.2) is 0 Å². The molecule has 2 fully saturated rings. The highest BCUT2D eigenvalue weighted by molar-refractivity contribution is 7.98. The Kier molecular flexibility index (Phi) is 6.34. The van der Waals surface area contributed by atoms with Gasteiger partial charge in [0.05, 0.1) is 12.7 Å². The van der Waals surface area contributed by atoms with Crippen LogP contribution in [0.15, 0.2) is 17.0 Å². The van der Waals surface area contributed by atoms with E-state index >= 15 is 0 Å². The predicted octanol–water partition coefficient (Wildman–Crippen LogP) is 5.62. The van der Waals surface area contributed by atoms with E-state index in [1.807, 2.05) is 0 Å². The maximum Gasteiger partial charge on any atom is 0.270 e. The van der Waals surface area contributed by atoms with Crippen molar-refractivity contribution in [2.75, 3.05) is 13.4 Å². The van der Waals surface area contributed by atoms with Crippen molar-refractivity contribution in [2.24, 2.45) is 11.8 Å². The molecular weight excluding hydrogens is 368 g/mol. The lowest BCUT2D eigenvalue weighted by Gasteiger charge is -2.43. The van der Waals surface area contributed by atoms with E-state index in [1.165, 1.54) is 69.5 Å². The number of hydrogen-bond acceptors (Lipinski definition) is 3. The Labute approximate surface area is 164 Å². The average molecular weight is 398 g/mol. The van der Waals surface area contributed by atoms with Crippen LogP contribution in [0.25, 0.3) is 0 Å². The maximum absolute atomic E-state index is 13.8. The number of rotatable bonds is 6. The quantitative estimate of drug-likeness (QED) is 0.634. The SMILES string of the molecule is COc1cc(C(C)(F)F)cc(SC)c1C(=O)N[C@H]1CC[C@H]1C1CCCCC1. The lowest BCUT2D eigenvalue weighted by Crippen LogP contribution is -2.50. The molecule has 150 valence electrons. The van der Waals surface area contributed by atoms with Crippen molar-refractivity contribution in [1.29, 1.82) is 0 Å². The van der Waals surface area contributed by atoms with Gasteiger partial charge in [-0.1, -0.05) is 32.1 Å². The van der Waals surface area contributed by atoms with Gasteiger partial charge in [-0.25, -0.2) is 8.78 Å². The first kappa shape index (κ1) is 20.4. The van der Waals surface area contributed by atoms with Crippen molar-refractivity contribution in [2.45, 2.75) is 68.7 Å². The normalized spacial score (nSPS) is 23.6. The van der Waals surface area contributed by atoms with Gasteiger partial charge in [0.1, 0.15) is 5.75 Å². The van der Waals surface area contributed by atoms with Gasteiger partial charge in [-0.15, -0.1) is 11.8 Å². The molecular formula is C21H29F2NO2S. The number of thioether (sulfide) groups is 1. The summed E-state index contributed by atoms with van der Waals surface area (Å²) in [5.74, 6) is -1.72. The molecule has 0 aliphatic heterocycles. The molecule has 0 saturated heterocycles. The molecule has 0 radical (unpaired) electrons. The van der Waals surface area contributed by atoms with E-state index in [9.17, 15) is 13.6 Å². The largest absolute Gasteiger partial charge is 0.496 e. The number of carbonyl (C=O) groups excluding carboxylic acids is 1. The number of benzene rings is 1. The first-order valence-electron chi connectivity index (χ1n) is 9.80. The van der Waals surface area contributed by atoms with E-state index in [1.54, 1.807) is 6.26 Å². The summed E-state index contributed by atoms with van der Waals surface area (Å²) in [6.07, 6.45) is 10.4. The molecule has 2 atom stereocenters. The van der Waals surface area contributed by atoms with Gasteiger partial charge in [-0.3, -0.25) is 4.79 Å². The Morgan fingerprint density at radius 3 is 2.41 bits per heavy atom. The third-order valence-corrected chi connectivity index (χ3v) is 6.90. The fraction of sp³-hybridized carbons (Fsp3) is 0.667. The van der Waals surface area contributed by atoms with Gasteiger partial charge in [-0.05, 0) is 43.1 Å². The smallest absolute Gasteiger partial charge is 0.270 e. The molecule has 2 aliphatic carbocycles. The summed E-state index contributed by atoms with van der Waals surface area (Å²) in [6, 6.07) is 2.88. The van der Waals surface area contributed by atoms with E-state index in [4.69, 9.17) is 4.74 Å². The highest BCUT2D eigenvalue weighted by Crippen LogP contribution is 2.42. The molecule has 3 rings (SSSR count). The summed E-state index contributed by atoms with van der Waals surface area (Å²) in [6.45, 7) is 0.856. The highest BCUT2D eigenvalue weighted by atomic mass is 32.2. The van der Waals surface area contributed by atoms with Gasteiger partial charge in [0, 0.05) is 23.4 Å². The second kappa shape index (κ2) is 8.38.